The molecule has 0 aliphatic heterocycles. The largest absolute Gasteiger partial charge is 0.465 e. The van der Waals surface area contributed by atoms with Crippen molar-refractivity contribution < 1.29 is 27.6 Å². The summed E-state index contributed by atoms with van der Waals surface area (Å²) in [4.78, 5) is 11.6. The summed E-state index contributed by atoms with van der Waals surface area (Å²) in [6.07, 6.45) is 2.93. The monoisotopic (exact) mass is 280 g/mol. The van der Waals surface area contributed by atoms with Gasteiger partial charge in [0.2, 0.25) is 0 Å². The summed E-state index contributed by atoms with van der Waals surface area (Å²) in [5.41, 5.74) is 0. The Morgan fingerprint density at radius 2 is 1.78 bits per heavy atom. The van der Waals surface area contributed by atoms with E-state index in [0.717, 1.165) is 0 Å². The quantitative estimate of drug-likeness (QED) is 0.423. The van der Waals surface area contributed by atoms with Gasteiger partial charge in [-0.1, -0.05) is 0 Å². The molecular formula is C11H20O6S. The van der Waals surface area contributed by atoms with Crippen LogP contribution in [0.5, 0.6) is 0 Å². The van der Waals surface area contributed by atoms with Gasteiger partial charge in [0.15, 0.2) is 0 Å². The molecule has 1 saturated carbocycles. The molecule has 1 fully saturated rings. The first kappa shape index (κ1) is 15.4. The zero-order chi connectivity index (χ0) is 13.6. The normalized spacial score (nSPS) is 24.8. The van der Waals surface area contributed by atoms with Gasteiger partial charge >= 0.3 is 5.97 Å². The fraction of sp³-hybridized carbons (Fsp3) is 0.909. The number of ether oxygens (including phenoxy) is 1. The number of carbonyl (C=O) groups excluding carboxylic acids is 1. The van der Waals surface area contributed by atoms with Crippen molar-refractivity contribution >= 4 is 16.1 Å². The molecule has 1 rings (SSSR count). The first-order chi connectivity index (χ1) is 8.38. The van der Waals surface area contributed by atoms with E-state index in [1.54, 1.807) is 0 Å². The molecule has 106 valence electrons. The van der Waals surface area contributed by atoms with E-state index >= 15 is 0 Å². The van der Waals surface area contributed by atoms with Crippen LogP contribution in [0.4, 0.5) is 0 Å². The SMILES string of the molecule is O=C(OCCCCS(=O)(=O)O)C1CCC(O)CC1. The number of rotatable bonds is 6. The maximum absolute atomic E-state index is 11.6. The number of hydrogen-bond acceptors (Lipinski definition) is 5. The van der Waals surface area contributed by atoms with Gasteiger partial charge in [0.1, 0.15) is 0 Å². The van der Waals surface area contributed by atoms with Crippen LogP contribution in [-0.4, -0.2) is 42.5 Å². The van der Waals surface area contributed by atoms with Gasteiger partial charge in [-0.2, -0.15) is 8.42 Å². The fourth-order valence-corrected chi connectivity index (χ4v) is 2.56. The maximum Gasteiger partial charge on any atom is 0.308 e. The second kappa shape index (κ2) is 7.06. The summed E-state index contributed by atoms with van der Waals surface area (Å²) in [5, 5.41) is 9.30. The Morgan fingerprint density at radius 3 is 2.33 bits per heavy atom. The highest BCUT2D eigenvalue weighted by atomic mass is 32.2. The van der Waals surface area contributed by atoms with Gasteiger partial charge in [0.05, 0.1) is 24.4 Å². The zero-order valence-electron chi connectivity index (χ0n) is 10.2. The Kier molecular flexibility index (Phi) is 6.04. The Bertz CT molecular complexity index is 356. The van der Waals surface area contributed by atoms with Crippen LogP contribution in [0.25, 0.3) is 0 Å². The lowest BCUT2D eigenvalue weighted by molar-refractivity contribution is -0.150. The van der Waals surface area contributed by atoms with E-state index in [2.05, 4.69) is 0 Å². The number of carbonyl (C=O) groups is 1. The molecule has 7 heteroatoms. The number of hydrogen-bond donors (Lipinski definition) is 2. The van der Waals surface area contributed by atoms with Crippen molar-refractivity contribution in [2.24, 2.45) is 5.92 Å². The first-order valence-electron chi connectivity index (χ1n) is 6.18. The summed E-state index contributed by atoms with van der Waals surface area (Å²) in [7, 11) is -3.92. The van der Waals surface area contributed by atoms with E-state index in [-0.39, 0.29) is 36.8 Å². The lowest BCUT2D eigenvalue weighted by Crippen LogP contribution is -2.26. The van der Waals surface area contributed by atoms with E-state index in [1.165, 1.54) is 0 Å². The number of esters is 1. The van der Waals surface area contributed by atoms with E-state index in [9.17, 15) is 18.3 Å². The first-order valence-corrected chi connectivity index (χ1v) is 7.79. The minimum atomic E-state index is -3.92. The summed E-state index contributed by atoms with van der Waals surface area (Å²) in [5.74, 6) is -0.719. The summed E-state index contributed by atoms with van der Waals surface area (Å²) in [6, 6.07) is 0. The number of unbranched alkanes of at least 4 members (excludes halogenated alkanes) is 1. The average Bonchev–Trinajstić information content (AvgIpc) is 2.27. The van der Waals surface area contributed by atoms with Crippen molar-refractivity contribution in [3.8, 4) is 0 Å². The molecule has 0 bridgehead atoms. The third-order valence-corrected chi connectivity index (χ3v) is 3.88. The van der Waals surface area contributed by atoms with Crippen molar-refractivity contribution in [2.75, 3.05) is 12.4 Å². The average molecular weight is 280 g/mol. The molecule has 0 radical (unpaired) electrons. The minimum absolute atomic E-state index is 0.144. The van der Waals surface area contributed by atoms with Crippen LogP contribution in [0.2, 0.25) is 0 Å². The molecule has 18 heavy (non-hydrogen) atoms. The molecule has 0 aromatic heterocycles. The molecular weight excluding hydrogens is 260 g/mol. The van der Waals surface area contributed by atoms with Gasteiger partial charge in [-0.15, -0.1) is 0 Å². The molecule has 0 spiro atoms. The summed E-state index contributed by atoms with van der Waals surface area (Å²) in [6.45, 7) is 0.174. The zero-order valence-corrected chi connectivity index (χ0v) is 11.1. The third kappa shape index (κ3) is 6.32. The van der Waals surface area contributed by atoms with Gasteiger partial charge in [0, 0.05) is 0 Å². The fourth-order valence-electron chi connectivity index (χ4n) is 1.99. The lowest BCUT2D eigenvalue weighted by atomic mass is 9.87. The van der Waals surface area contributed by atoms with E-state index in [0.29, 0.717) is 32.1 Å². The molecule has 6 nitrogen and oxygen atoms in total. The predicted molar refractivity (Wildman–Crippen MR) is 64.6 cm³/mol. The highest BCUT2D eigenvalue weighted by Crippen LogP contribution is 2.25. The van der Waals surface area contributed by atoms with Crippen molar-refractivity contribution in [3.63, 3.8) is 0 Å². The van der Waals surface area contributed by atoms with Crippen LogP contribution in [0.15, 0.2) is 0 Å². The van der Waals surface area contributed by atoms with Gasteiger partial charge in [-0.3, -0.25) is 9.35 Å². The number of aliphatic hydroxyl groups excluding tert-OH is 1. The van der Waals surface area contributed by atoms with Gasteiger partial charge in [-0.25, -0.2) is 0 Å². The van der Waals surface area contributed by atoms with Crippen LogP contribution >= 0.6 is 0 Å². The lowest BCUT2D eigenvalue weighted by Gasteiger charge is -2.23. The molecule has 0 aromatic rings. The Morgan fingerprint density at radius 1 is 1.17 bits per heavy atom. The van der Waals surface area contributed by atoms with Gasteiger partial charge in [-0.05, 0) is 38.5 Å². The molecule has 1 aliphatic rings. The van der Waals surface area contributed by atoms with Gasteiger partial charge in [0.25, 0.3) is 10.1 Å². The Balaban J connectivity index is 2.10. The molecule has 0 aromatic carbocycles. The van der Waals surface area contributed by atoms with Crippen molar-refractivity contribution in [3.05, 3.63) is 0 Å². The second-order valence-corrected chi connectivity index (χ2v) is 6.24. The van der Waals surface area contributed by atoms with Crippen LogP contribution < -0.4 is 0 Å². The van der Waals surface area contributed by atoms with Crippen LogP contribution in [0.1, 0.15) is 38.5 Å². The van der Waals surface area contributed by atoms with Crippen molar-refractivity contribution in [2.45, 2.75) is 44.6 Å². The molecule has 0 amide bonds. The minimum Gasteiger partial charge on any atom is -0.465 e. The Hall–Kier alpha value is -0.660. The van der Waals surface area contributed by atoms with E-state index < -0.39 is 10.1 Å². The predicted octanol–water partition coefficient (Wildman–Crippen LogP) is 0.749. The molecule has 1 aliphatic carbocycles. The third-order valence-electron chi connectivity index (χ3n) is 3.07. The van der Waals surface area contributed by atoms with Gasteiger partial charge < -0.3 is 9.84 Å². The van der Waals surface area contributed by atoms with E-state index in [4.69, 9.17) is 9.29 Å². The maximum atomic E-state index is 11.6. The van der Waals surface area contributed by atoms with Crippen LogP contribution in [0.3, 0.4) is 0 Å². The highest BCUT2D eigenvalue weighted by Gasteiger charge is 2.26. The molecule has 0 atom stereocenters. The topological polar surface area (TPSA) is 101 Å². The standard InChI is InChI=1S/C11H20O6S/c12-10-5-3-9(4-6-10)11(13)17-7-1-2-8-18(14,15)16/h9-10,12H,1-8H2,(H,14,15,16). The summed E-state index contributed by atoms with van der Waals surface area (Å²) >= 11 is 0. The highest BCUT2D eigenvalue weighted by molar-refractivity contribution is 7.85. The van der Waals surface area contributed by atoms with Crippen molar-refractivity contribution in [1.82, 2.24) is 0 Å². The van der Waals surface area contributed by atoms with Crippen LogP contribution in [0, 0.1) is 5.92 Å². The molecule has 0 unspecified atom stereocenters. The second-order valence-electron chi connectivity index (χ2n) is 4.67. The Labute approximate surface area is 107 Å². The number of aliphatic hydroxyl groups is 1. The smallest absolute Gasteiger partial charge is 0.308 e. The van der Waals surface area contributed by atoms with Crippen molar-refractivity contribution in [1.29, 1.82) is 0 Å². The van der Waals surface area contributed by atoms with E-state index in [1.807, 2.05) is 0 Å². The molecule has 0 saturated heterocycles. The molecule has 2 N–H and O–H groups in total. The summed E-state index contributed by atoms with van der Waals surface area (Å²) < 4.78 is 34.4. The van der Waals surface area contributed by atoms with Crippen LogP contribution in [-0.2, 0) is 19.6 Å². The molecule has 0 heterocycles.